The predicted molar refractivity (Wildman–Crippen MR) is 76.5 cm³/mol. The molecular weight excluding hydrogens is 236 g/mol. The number of hydrogen-bond donors (Lipinski definition) is 2. The van der Waals surface area contributed by atoms with Crippen molar-refractivity contribution < 1.29 is 4.74 Å². The lowest BCUT2D eigenvalue weighted by Gasteiger charge is -2.28. The van der Waals surface area contributed by atoms with E-state index in [0.717, 1.165) is 12.8 Å². The van der Waals surface area contributed by atoms with E-state index >= 15 is 0 Å². The number of nitrogens with one attached hydrogen (secondary N) is 1. The molecule has 0 amide bonds. The third-order valence-electron chi connectivity index (χ3n) is 4.64. The molecule has 0 saturated carbocycles. The molecule has 3 N–H and O–H groups in total. The Labute approximate surface area is 115 Å². The lowest BCUT2D eigenvalue weighted by atomic mass is 9.81. The summed E-state index contributed by atoms with van der Waals surface area (Å²) < 4.78 is 5.96. The summed E-state index contributed by atoms with van der Waals surface area (Å²) in [7, 11) is 0. The van der Waals surface area contributed by atoms with Crippen LogP contribution in [-0.2, 0) is 11.2 Å². The topological polar surface area (TPSA) is 47.3 Å². The number of rotatable bonds is 5. The zero-order valence-corrected chi connectivity index (χ0v) is 11.6. The fourth-order valence-corrected chi connectivity index (χ4v) is 3.68. The van der Waals surface area contributed by atoms with E-state index in [4.69, 9.17) is 10.6 Å². The van der Waals surface area contributed by atoms with E-state index in [2.05, 4.69) is 36.6 Å². The predicted octanol–water partition coefficient (Wildman–Crippen LogP) is 2.71. The molecule has 4 atom stereocenters. The standard InChI is InChI=1S/C16H24N2O/c1-2-3-11-4-6-12(7-5-11)16(18-17)14-10-13-8-9-15(14)19-13/h4-7,13-16,18H,2-3,8-10,17H2,1H3. The Kier molecular flexibility index (Phi) is 3.87. The zero-order chi connectivity index (χ0) is 13.2. The van der Waals surface area contributed by atoms with Gasteiger partial charge in [-0.15, -0.1) is 0 Å². The molecule has 19 heavy (non-hydrogen) atoms. The Balaban J connectivity index is 1.74. The van der Waals surface area contributed by atoms with Gasteiger partial charge in [0.15, 0.2) is 0 Å². The first kappa shape index (κ1) is 13.1. The molecule has 2 fully saturated rings. The van der Waals surface area contributed by atoms with Crippen LogP contribution in [0.1, 0.15) is 49.8 Å². The van der Waals surface area contributed by atoms with E-state index < -0.39 is 0 Å². The van der Waals surface area contributed by atoms with Gasteiger partial charge in [0.1, 0.15) is 0 Å². The summed E-state index contributed by atoms with van der Waals surface area (Å²) >= 11 is 0. The summed E-state index contributed by atoms with van der Waals surface area (Å²) in [6.07, 6.45) is 6.80. The van der Waals surface area contributed by atoms with E-state index in [9.17, 15) is 0 Å². The fourth-order valence-electron chi connectivity index (χ4n) is 3.68. The second-order valence-corrected chi connectivity index (χ2v) is 5.91. The van der Waals surface area contributed by atoms with Crippen molar-refractivity contribution in [1.82, 2.24) is 5.43 Å². The highest BCUT2D eigenvalue weighted by molar-refractivity contribution is 5.26. The quantitative estimate of drug-likeness (QED) is 0.632. The number of benzene rings is 1. The molecule has 0 aliphatic carbocycles. The van der Waals surface area contributed by atoms with Crippen LogP contribution in [0.3, 0.4) is 0 Å². The summed E-state index contributed by atoms with van der Waals surface area (Å²) in [5.74, 6) is 6.34. The smallest absolute Gasteiger partial charge is 0.0627 e. The minimum atomic E-state index is 0.228. The van der Waals surface area contributed by atoms with Crippen molar-refractivity contribution in [3.8, 4) is 0 Å². The molecule has 1 aromatic carbocycles. The summed E-state index contributed by atoms with van der Waals surface area (Å²) in [5, 5.41) is 0. The lowest BCUT2D eigenvalue weighted by molar-refractivity contribution is 0.0857. The first-order valence-electron chi connectivity index (χ1n) is 7.52. The summed E-state index contributed by atoms with van der Waals surface area (Å²) in [6, 6.07) is 9.14. The molecule has 2 aliphatic rings. The highest BCUT2D eigenvalue weighted by Gasteiger charge is 2.44. The van der Waals surface area contributed by atoms with Crippen LogP contribution >= 0.6 is 0 Å². The van der Waals surface area contributed by atoms with Crippen molar-refractivity contribution >= 4 is 0 Å². The molecule has 104 valence electrons. The lowest BCUT2D eigenvalue weighted by Crippen LogP contribution is -2.37. The molecule has 2 saturated heterocycles. The molecule has 1 aromatic rings. The third kappa shape index (κ3) is 2.55. The van der Waals surface area contributed by atoms with E-state index in [0.29, 0.717) is 18.1 Å². The third-order valence-corrected chi connectivity index (χ3v) is 4.64. The molecule has 2 bridgehead atoms. The first-order chi connectivity index (χ1) is 9.31. The van der Waals surface area contributed by atoms with Crippen molar-refractivity contribution in [2.75, 3.05) is 0 Å². The fraction of sp³-hybridized carbons (Fsp3) is 0.625. The van der Waals surface area contributed by atoms with Crippen molar-refractivity contribution in [3.05, 3.63) is 35.4 Å². The molecule has 0 spiro atoms. The summed E-state index contributed by atoms with van der Waals surface area (Å²) in [4.78, 5) is 0. The minimum absolute atomic E-state index is 0.228. The van der Waals surface area contributed by atoms with Gasteiger partial charge in [-0.3, -0.25) is 11.3 Å². The van der Waals surface area contributed by atoms with Gasteiger partial charge < -0.3 is 4.74 Å². The second-order valence-electron chi connectivity index (χ2n) is 5.91. The molecule has 4 unspecified atom stereocenters. The Morgan fingerprint density at radius 2 is 2.11 bits per heavy atom. The van der Waals surface area contributed by atoms with Crippen LogP contribution in [0.15, 0.2) is 24.3 Å². The molecular formula is C16H24N2O. The SMILES string of the molecule is CCCc1ccc(C(NN)C2CC3CCC2O3)cc1. The molecule has 0 aromatic heterocycles. The van der Waals surface area contributed by atoms with Crippen LogP contribution in [0.2, 0.25) is 0 Å². The van der Waals surface area contributed by atoms with E-state index in [1.807, 2.05) is 0 Å². The van der Waals surface area contributed by atoms with Crippen molar-refractivity contribution in [2.24, 2.45) is 11.8 Å². The van der Waals surface area contributed by atoms with Gasteiger partial charge in [0, 0.05) is 5.92 Å². The number of fused-ring (bicyclic) bond motifs is 2. The maximum absolute atomic E-state index is 5.96. The van der Waals surface area contributed by atoms with Crippen LogP contribution < -0.4 is 11.3 Å². The van der Waals surface area contributed by atoms with Crippen LogP contribution in [0.5, 0.6) is 0 Å². The highest BCUT2D eigenvalue weighted by atomic mass is 16.5. The largest absolute Gasteiger partial charge is 0.375 e. The van der Waals surface area contributed by atoms with Gasteiger partial charge in [0.05, 0.1) is 18.2 Å². The van der Waals surface area contributed by atoms with E-state index in [-0.39, 0.29) is 6.04 Å². The average molecular weight is 260 g/mol. The monoisotopic (exact) mass is 260 g/mol. The summed E-state index contributed by atoms with van der Waals surface area (Å²) in [5.41, 5.74) is 5.72. The molecule has 3 nitrogen and oxygen atoms in total. The van der Waals surface area contributed by atoms with Gasteiger partial charge in [0.25, 0.3) is 0 Å². The number of hydrazine groups is 1. The minimum Gasteiger partial charge on any atom is -0.375 e. The molecule has 0 radical (unpaired) electrons. The van der Waals surface area contributed by atoms with E-state index in [1.54, 1.807) is 0 Å². The van der Waals surface area contributed by atoms with Crippen LogP contribution in [0.4, 0.5) is 0 Å². The van der Waals surface area contributed by atoms with Crippen molar-refractivity contribution in [2.45, 2.75) is 57.3 Å². The van der Waals surface area contributed by atoms with Gasteiger partial charge >= 0.3 is 0 Å². The number of hydrogen-bond acceptors (Lipinski definition) is 3. The van der Waals surface area contributed by atoms with Gasteiger partial charge in [-0.1, -0.05) is 37.6 Å². The maximum atomic E-state index is 5.96. The van der Waals surface area contributed by atoms with Crippen LogP contribution in [0.25, 0.3) is 0 Å². The van der Waals surface area contributed by atoms with Crippen LogP contribution in [0, 0.1) is 5.92 Å². The Morgan fingerprint density at radius 1 is 1.32 bits per heavy atom. The zero-order valence-electron chi connectivity index (χ0n) is 11.6. The van der Waals surface area contributed by atoms with Crippen LogP contribution in [-0.4, -0.2) is 12.2 Å². The highest BCUT2D eigenvalue weighted by Crippen LogP contribution is 2.44. The Morgan fingerprint density at radius 3 is 2.63 bits per heavy atom. The number of nitrogens with two attached hydrogens (primary N) is 1. The van der Waals surface area contributed by atoms with Gasteiger partial charge in [-0.25, -0.2) is 0 Å². The molecule has 3 rings (SSSR count). The van der Waals surface area contributed by atoms with Gasteiger partial charge in [0.2, 0.25) is 0 Å². The summed E-state index contributed by atoms with van der Waals surface area (Å²) in [6.45, 7) is 2.21. The first-order valence-corrected chi connectivity index (χ1v) is 7.52. The van der Waals surface area contributed by atoms with Crippen molar-refractivity contribution in [1.29, 1.82) is 0 Å². The van der Waals surface area contributed by atoms with Gasteiger partial charge in [-0.05, 0) is 36.8 Å². The Bertz CT molecular complexity index is 417. The molecule has 2 heterocycles. The molecule has 2 aliphatic heterocycles. The molecule has 3 heteroatoms. The van der Waals surface area contributed by atoms with Crippen molar-refractivity contribution in [3.63, 3.8) is 0 Å². The number of aryl methyl sites for hydroxylation is 1. The van der Waals surface area contributed by atoms with E-state index in [1.165, 1.54) is 30.4 Å². The number of ether oxygens (including phenoxy) is 1. The second kappa shape index (κ2) is 5.61. The Hall–Kier alpha value is -0.900. The normalized spacial score (nSPS) is 30.7. The average Bonchev–Trinajstić information content (AvgIpc) is 3.05. The maximum Gasteiger partial charge on any atom is 0.0627 e. The van der Waals surface area contributed by atoms with Gasteiger partial charge in [-0.2, -0.15) is 0 Å².